The second-order valence-corrected chi connectivity index (χ2v) is 3.56. The number of aliphatic hydroxyl groups excluding tert-OH is 1. The molecule has 0 saturated carbocycles. The van der Waals surface area contributed by atoms with Crippen molar-refractivity contribution < 1.29 is 5.11 Å². The molecule has 1 nitrogen and oxygen atoms in total. The van der Waals surface area contributed by atoms with Crippen LogP contribution in [0.1, 0.15) is 17.5 Å². The third-order valence-electron chi connectivity index (χ3n) is 2.71. The van der Waals surface area contributed by atoms with Crippen molar-refractivity contribution in [3.05, 3.63) is 35.4 Å². The average Bonchev–Trinajstić information content (AvgIpc) is 2.17. The molecule has 0 fully saturated rings. The first-order chi connectivity index (χ1) is 5.90. The molecule has 0 heterocycles. The quantitative estimate of drug-likeness (QED) is 0.667. The number of aliphatic hydroxyl groups is 1. The first kappa shape index (κ1) is 7.81. The van der Waals surface area contributed by atoms with Crippen molar-refractivity contribution in [3.63, 3.8) is 0 Å². The van der Waals surface area contributed by atoms with E-state index in [1.54, 1.807) is 0 Å². The van der Waals surface area contributed by atoms with E-state index in [2.05, 4.69) is 24.3 Å². The summed E-state index contributed by atoms with van der Waals surface area (Å²) in [6.45, 7) is 0.342. The highest BCUT2D eigenvalue weighted by Crippen LogP contribution is 2.24. The molecule has 0 spiro atoms. The van der Waals surface area contributed by atoms with Gasteiger partial charge in [0.2, 0.25) is 0 Å². The van der Waals surface area contributed by atoms with Crippen molar-refractivity contribution in [2.24, 2.45) is 5.92 Å². The minimum absolute atomic E-state index is 0.342. The van der Waals surface area contributed by atoms with Gasteiger partial charge in [-0.3, -0.25) is 0 Å². The molecule has 0 amide bonds. The van der Waals surface area contributed by atoms with E-state index < -0.39 is 0 Å². The van der Waals surface area contributed by atoms with E-state index in [9.17, 15) is 0 Å². The zero-order chi connectivity index (χ0) is 8.39. The number of rotatable bonds is 1. The molecule has 1 aliphatic carbocycles. The molecule has 0 saturated heterocycles. The highest BCUT2D eigenvalue weighted by atomic mass is 16.3. The Bertz CT molecular complexity index is 267. The van der Waals surface area contributed by atoms with E-state index in [-0.39, 0.29) is 0 Å². The lowest BCUT2D eigenvalue weighted by Crippen LogP contribution is -2.17. The third-order valence-corrected chi connectivity index (χ3v) is 2.71. The predicted molar refractivity (Wildman–Crippen MR) is 49.0 cm³/mol. The van der Waals surface area contributed by atoms with Crippen LogP contribution >= 0.6 is 0 Å². The topological polar surface area (TPSA) is 20.2 Å². The second kappa shape index (κ2) is 3.28. The minimum atomic E-state index is 0.342. The number of benzene rings is 1. The Balaban J connectivity index is 2.23. The fourth-order valence-corrected chi connectivity index (χ4v) is 1.93. The molecular formula is C11H14O. The van der Waals surface area contributed by atoms with Gasteiger partial charge in [-0.25, -0.2) is 0 Å². The van der Waals surface area contributed by atoms with Crippen LogP contribution in [0.2, 0.25) is 0 Å². The lowest BCUT2D eigenvalue weighted by molar-refractivity contribution is 0.213. The third kappa shape index (κ3) is 1.37. The lowest BCUT2D eigenvalue weighted by Gasteiger charge is -2.22. The van der Waals surface area contributed by atoms with Crippen LogP contribution in [-0.2, 0) is 12.8 Å². The molecule has 1 aliphatic rings. The molecule has 12 heavy (non-hydrogen) atoms. The number of hydrogen-bond donors (Lipinski definition) is 1. The van der Waals surface area contributed by atoms with Gasteiger partial charge in [-0.05, 0) is 36.3 Å². The molecule has 1 heteroatoms. The molecule has 1 aromatic carbocycles. The van der Waals surface area contributed by atoms with Gasteiger partial charge in [0.15, 0.2) is 0 Å². The highest BCUT2D eigenvalue weighted by Gasteiger charge is 2.16. The Kier molecular flexibility index (Phi) is 2.13. The first-order valence-corrected chi connectivity index (χ1v) is 4.58. The summed E-state index contributed by atoms with van der Waals surface area (Å²) >= 11 is 0. The lowest BCUT2D eigenvalue weighted by atomic mass is 9.84. The number of aryl methyl sites for hydroxylation is 1. The monoisotopic (exact) mass is 162 g/mol. The van der Waals surface area contributed by atoms with E-state index in [0.29, 0.717) is 12.5 Å². The summed E-state index contributed by atoms with van der Waals surface area (Å²) < 4.78 is 0. The van der Waals surface area contributed by atoms with Crippen LogP contribution in [0.25, 0.3) is 0 Å². The fourth-order valence-electron chi connectivity index (χ4n) is 1.93. The van der Waals surface area contributed by atoms with Crippen molar-refractivity contribution in [2.45, 2.75) is 19.3 Å². The Morgan fingerprint density at radius 2 is 2.00 bits per heavy atom. The molecule has 64 valence electrons. The molecule has 2 rings (SSSR count). The molecule has 0 radical (unpaired) electrons. The van der Waals surface area contributed by atoms with Gasteiger partial charge in [-0.2, -0.15) is 0 Å². The van der Waals surface area contributed by atoms with Crippen molar-refractivity contribution in [3.8, 4) is 0 Å². The highest BCUT2D eigenvalue weighted by molar-refractivity contribution is 5.29. The first-order valence-electron chi connectivity index (χ1n) is 4.58. The smallest absolute Gasteiger partial charge is 0.0462 e. The molecule has 0 bridgehead atoms. The molecule has 0 unspecified atom stereocenters. The van der Waals surface area contributed by atoms with Crippen LogP contribution in [0.5, 0.6) is 0 Å². The van der Waals surface area contributed by atoms with E-state index in [0.717, 1.165) is 19.3 Å². The summed E-state index contributed by atoms with van der Waals surface area (Å²) in [4.78, 5) is 0. The zero-order valence-electron chi connectivity index (χ0n) is 7.16. The fraction of sp³-hybridized carbons (Fsp3) is 0.455. The Labute approximate surface area is 73.0 Å². The van der Waals surface area contributed by atoms with Gasteiger partial charge in [0.05, 0.1) is 0 Å². The van der Waals surface area contributed by atoms with Crippen LogP contribution in [0.3, 0.4) is 0 Å². The van der Waals surface area contributed by atoms with Gasteiger partial charge in [-0.15, -0.1) is 0 Å². The van der Waals surface area contributed by atoms with Crippen LogP contribution in [-0.4, -0.2) is 11.7 Å². The van der Waals surface area contributed by atoms with Crippen molar-refractivity contribution in [1.29, 1.82) is 0 Å². The Hall–Kier alpha value is -0.820. The second-order valence-electron chi connectivity index (χ2n) is 3.56. The van der Waals surface area contributed by atoms with Gasteiger partial charge >= 0.3 is 0 Å². The van der Waals surface area contributed by atoms with Crippen LogP contribution in [0, 0.1) is 5.92 Å². The molecule has 1 atom stereocenters. The van der Waals surface area contributed by atoms with E-state index in [4.69, 9.17) is 5.11 Å². The molecule has 1 aromatic rings. The van der Waals surface area contributed by atoms with E-state index >= 15 is 0 Å². The summed E-state index contributed by atoms with van der Waals surface area (Å²) in [5.41, 5.74) is 2.91. The minimum Gasteiger partial charge on any atom is -0.396 e. The van der Waals surface area contributed by atoms with Crippen molar-refractivity contribution >= 4 is 0 Å². The predicted octanol–water partition coefficient (Wildman–Crippen LogP) is 1.78. The van der Waals surface area contributed by atoms with E-state index in [1.165, 1.54) is 11.1 Å². The molecule has 0 aliphatic heterocycles. The van der Waals surface area contributed by atoms with Crippen LogP contribution < -0.4 is 0 Å². The van der Waals surface area contributed by atoms with Gasteiger partial charge in [-0.1, -0.05) is 24.3 Å². The van der Waals surface area contributed by atoms with Gasteiger partial charge in [0.1, 0.15) is 0 Å². The molecule has 1 N–H and O–H groups in total. The van der Waals surface area contributed by atoms with Gasteiger partial charge in [0.25, 0.3) is 0 Å². The van der Waals surface area contributed by atoms with Crippen molar-refractivity contribution in [1.82, 2.24) is 0 Å². The number of hydrogen-bond acceptors (Lipinski definition) is 1. The maximum Gasteiger partial charge on any atom is 0.0462 e. The van der Waals surface area contributed by atoms with Gasteiger partial charge < -0.3 is 5.11 Å². The largest absolute Gasteiger partial charge is 0.396 e. The maximum atomic E-state index is 9.02. The van der Waals surface area contributed by atoms with Crippen LogP contribution in [0.15, 0.2) is 24.3 Å². The number of fused-ring (bicyclic) bond motifs is 1. The SMILES string of the molecule is OC[C@H]1CCc2ccccc2C1. The summed E-state index contributed by atoms with van der Waals surface area (Å²) in [6.07, 6.45) is 3.35. The van der Waals surface area contributed by atoms with Crippen LogP contribution in [0.4, 0.5) is 0 Å². The average molecular weight is 162 g/mol. The normalized spacial score (nSPS) is 21.9. The van der Waals surface area contributed by atoms with Gasteiger partial charge in [0, 0.05) is 6.61 Å². The van der Waals surface area contributed by atoms with Crippen molar-refractivity contribution in [2.75, 3.05) is 6.61 Å². The summed E-state index contributed by atoms with van der Waals surface area (Å²) in [6, 6.07) is 8.55. The zero-order valence-corrected chi connectivity index (χ0v) is 7.16. The van der Waals surface area contributed by atoms with E-state index in [1.807, 2.05) is 0 Å². The summed E-state index contributed by atoms with van der Waals surface area (Å²) in [7, 11) is 0. The molecule has 0 aromatic heterocycles. The molecular weight excluding hydrogens is 148 g/mol. The summed E-state index contributed by atoms with van der Waals surface area (Å²) in [5, 5.41) is 9.02. The Morgan fingerprint density at radius 1 is 1.25 bits per heavy atom. The Morgan fingerprint density at radius 3 is 2.75 bits per heavy atom. The maximum absolute atomic E-state index is 9.02. The standard InChI is InChI=1S/C11H14O/c12-8-9-5-6-10-3-1-2-4-11(10)7-9/h1-4,9,12H,5-8H2/t9-/m0/s1. The summed E-state index contributed by atoms with van der Waals surface area (Å²) in [5.74, 6) is 0.500.